The first kappa shape index (κ1) is 9.14. The van der Waals surface area contributed by atoms with E-state index < -0.39 is 16.6 Å². The molecule has 0 saturated carbocycles. The van der Waals surface area contributed by atoms with Crippen LogP contribution < -0.4 is 0 Å². The summed E-state index contributed by atoms with van der Waals surface area (Å²) in [5, 5.41) is 9.58. The van der Waals surface area contributed by atoms with Crippen LogP contribution in [0.4, 0.5) is 4.79 Å². The van der Waals surface area contributed by atoms with E-state index in [1.165, 1.54) is 0 Å². The first-order chi connectivity index (χ1) is 4.04. The highest BCUT2D eigenvalue weighted by molar-refractivity contribution is 6.48. The minimum Gasteiger partial charge on any atom is -0.409 e. The van der Waals surface area contributed by atoms with Crippen LogP contribution in [0.25, 0.3) is 0 Å². The maximum absolute atomic E-state index is 9.58. The fourth-order valence-electron chi connectivity index (χ4n) is 0.143. The summed E-state index contributed by atoms with van der Waals surface area (Å²) in [6.07, 6.45) is -1.75. The van der Waals surface area contributed by atoms with Gasteiger partial charge in [0.1, 0.15) is 0 Å². The van der Waals surface area contributed by atoms with Gasteiger partial charge >= 0.3 is 6.16 Å². The summed E-state index contributed by atoms with van der Waals surface area (Å²) in [5.41, 5.74) is -1.27. The van der Waals surface area contributed by atoms with Crippen molar-refractivity contribution in [3.63, 3.8) is 0 Å². The molecule has 0 aliphatic carbocycles. The zero-order chi connectivity index (χ0) is 7.44. The van der Waals surface area contributed by atoms with E-state index in [1.54, 1.807) is 0 Å². The molecule has 0 N–H and O–H groups in total. The summed E-state index contributed by atoms with van der Waals surface area (Å²) in [6, 6.07) is 0. The number of alkyl halides is 3. The number of hydrogen-bond donors (Lipinski definition) is 0. The number of halogens is 3. The second-order valence-electron chi connectivity index (χ2n) is 1.05. The van der Waals surface area contributed by atoms with E-state index in [0.29, 0.717) is 0 Å². The van der Waals surface area contributed by atoms with E-state index in [1.807, 2.05) is 0 Å². The molecule has 0 spiro atoms. The van der Waals surface area contributed by atoms with Crippen LogP contribution in [0, 0.1) is 0 Å². The van der Waals surface area contributed by atoms with Gasteiger partial charge in [0.05, 0.1) is 0 Å². The Labute approximate surface area is 66.4 Å². The molecule has 1 unspecified atom stereocenters. The molecular weight excluding hydrogens is 190 g/mol. The minimum atomic E-state index is -1.75. The van der Waals surface area contributed by atoms with Gasteiger partial charge in [-0.25, -0.2) is 0 Å². The lowest BCUT2D eigenvalue weighted by molar-refractivity contribution is 0.0603. The predicted molar refractivity (Wildman–Crippen MR) is 32.3 cm³/mol. The van der Waals surface area contributed by atoms with Gasteiger partial charge in [-0.15, -0.1) is 0 Å². The van der Waals surface area contributed by atoms with Crippen molar-refractivity contribution in [3.8, 4) is 0 Å². The highest BCUT2D eigenvalue weighted by Gasteiger charge is 2.18. The molecule has 0 aromatic carbocycles. The molecular formula is C3H2Cl3O3. The van der Waals surface area contributed by atoms with E-state index in [2.05, 4.69) is 4.74 Å². The van der Waals surface area contributed by atoms with Gasteiger partial charge in [-0.2, -0.15) is 9.90 Å². The minimum absolute atomic E-state index is 1.08. The van der Waals surface area contributed by atoms with E-state index in [-0.39, 0.29) is 0 Å². The third kappa shape index (κ3) is 4.63. The van der Waals surface area contributed by atoms with E-state index in [0.717, 1.165) is 0 Å². The van der Waals surface area contributed by atoms with Crippen molar-refractivity contribution in [2.24, 2.45) is 0 Å². The monoisotopic (exact) mass is 191 g/mol. The normalized spacial score (nSPS) is 13.3. The van der Waals surface area contributed by atoms with E-state index in [9.17, 15) is 9.90 Å². The first-order valence-corrected chi connectivity index (χ1v) is 3.15. The third-order valence-corrected chi connectivity index (χ3v) is 1.46. The van der Waals surface area contributed by atoms with Crippen molar-refractivity contribution in [2.75, 3.05) is 0 Å². The SMILES string of the molecule is [O]C(=O)OC(Cl)C(Cl)Cl. The zero-order valence-electron chi connectivity index (χ0n) is 4.01. The van der Waals surface area contributed by atoms with Gasteiger partial charge in [0.25, 0.3) is 0 Å². The van der Waals surface area contributed by atoms with Crippen LogP contribution in [-0.2, 0) is 9.84 Å². The summed E-state index contributed by atoms with van der Waals surface area (Å²) in [5.74, 6) is 0. The molecule has 0 aliphatic rings. The Bertz CT molecular complexity index is 104. The lowest BCUT2D eigenvalue weighted by Gasteiger charge is -2.05. The van der Waals surface area contributed by atoms with Gasteiger partial charge in [-0.05, 0) is 0 Å². The van der Waals surface area contributed by atoms with Crippen LogP contribution in [0.2, 0.25) is 0 Å². The fraction of sp³-hybridized carbons (Fsp3) is 0.667. The Hall–Kier alpha value is 0.140. The molecule has 0 aliphatic heterocycles. The van der Waals surface area contributed by atoms with Gasteiger partial charge < -0.3 is 4.74 Å². The number of rotatable bonds is 2. The lowest BCUT2D eigenvalue weighted by atomic mass is 10.8. The molecule has 53 valence electrons. The highest BCUT2D eigenvalue weighted by atomic mass is 35.5. The first-order valence-electron chi connectivity index (χ1n) is 1.84. The molecule has 0 aromatic rings. The largest absolute Gasteiger partial charge is 0.551 e. The summed E-state index contributed by atoms with van der Waals surface area (Å²) in [6.45, 7) is 0. The summed E-state index contributed by atoms with van der Waals surface area (Å²) in [4.78, 5) is 8.50. The summed E-state index contributed by atoms with van der Waals surface area (Å²) >= 11 is 15.3. The Morgan fingerprint density at radius 2 is 1.78 bits per heavy atom. The van der Waals surface area contributed by atoms with Gasteiger partial charge in [0.2, 0.25) is 5.56 Å². The quantitative estimate of drug-likeness (QED) is 0.496. The summed E-state index contributed by atoms with van der Waals surface area (Å²) in [7, 11) is 0. The van der Waals surface area contributed by atoms with Crippen LogP contribution >= 0.6 is 34.8 Å². The average Bonchev–Trinajstić information content (AvgIpc) is 1.63. The molecule has 0 amide bonds. The zero-order valence-corrected chi connectivity index (χ0v) is 6.28. The van der Waals surface area contributed by atoms with Crippen molar-refractivity contribution in [1.29, 1.82) is 0 Å². The second-order valence-corrected chi connectivity index (χ2v) is 2.65. The molecule has 0 heterocycles. The fourth-order valence-corrected chi connectivity index (χ4v) is 0.319. The molecule has 6 heteroatoms. The highest BCUT2D eigenvalue weighted by Crippen LogP contribution is 2.14. The number of carbonyl (C=O) groups excluding carboxylic acids is 1. The Morgan fingerprint density at radius 3 is 1.89 bits per heavy atom. The van der Waals surface area contributed by atoms with Crippen molar-refractivity contribution < 1.29 is 14.6 Å². The molecule has 0 aromatic heterocycles. The van der Waals surface area contributed by atoms with E-state index in [4.69, 9.17) is 34.8 Å². The molecule has 1 radical (unpaired) electrons. The van der Waals surface area contributed by atoms with Crippen LogP contribution in [0.5, 0.6) is 0 Å². The van der Waals surface area contributed by atoms with E-state index >= 15 is 0 Å². The molecule has 9 heavy (non-hydrogen) atoms. The van der Waals surface area contributed by atoms with Crippen molar-refractivity contribution in [3.05, 3.63) is 0 Å². The van der Waals surface area contributed by atoms with Crippen LogP contribution in [0.3, 0.4) is 0 Å². The smallest absolute Gasteiger partial charge is 0.409 e. The molecule has 0 rings (SSSR count). The Morgan fingerprint density at radius 1 is 1.33 bits per heavy atom. The van der Waals surface area contributed by atoms with Crippen LogP contribution in [-0.4, -0.2) is 16.6 Å². The van der Waals surface area contributed by atoms with Crippen molar-refractivity contribution in [2.45, 2.75) is 10.4 Å². The lowest BCUT2D eigenvalue weighted by Crippen LogP contribution is -2.15. The van der Waals surface area contributed by atoms with Gasteiger partial charge in [0.15, 0.2) is 4.84 Å². The molecule has 0 bridgehead atoms. The van der Waals surface area contributed by atoms with Gasteiger partial charge in [-0.1, -0.05) is 34.8 Å². The van der Waals surface area contributed by atoms with Crippen LogP contribution in [0.1, 0.15) is 0 Å². The molecule has 0 saturated heterocycles. The average molecular weight is 192 g/mol. The number of carbonyl (C=O) groups is 1. The van der Waals surface area contributed by atoms with Crippen molar-refractivity contribution >= 4 is 41.0 Å². The van der Waals surface area contributed by atoms with Crippen LogP contribution in [0.15, 0.2) is 0 Å². The molecule has 3 nitrogen and oxygen atoms in total. The topological polar surface area (TPSA) is 46.2 Å². The Balaban J connectivity index is 3.50. The second kappa shape index (κ2) is 4.04. The Kier molecular flexibility index (Phi) is 4.10. The maximum atomic E-state index is 9.58. The number of hydrogen-bond acceptors (Lipinski definition) is 2. The predicted octanol–water partition coefficient (Wildman–Crippen LogP) is 1.92. The molecule has 1 atom stereocenters. The summed E-state index contributed by atoms with van der Waals surface area (Å²) < 4.78 is 3.82. The standard InChI is InChI=1S/C3H2Cl3O3/c4-1(5)2(6)9-3(7)8/h1-2H. The van der Waals surface area contributed by atoms with Gasteiger partial charge in [0, 0.05) is 0 Å². The van der Waals surface area contributed by atoms with Gasteiger partial charge in [-0.3, -0.25) is 0 Å². The third-order valence-electron chi connectivity index (χ3n) is 0.407. The van der Waals surface area contributed by atoms with Crippen molar-refractivity contribution in [1.82, 2.24) is 0 Å². The molecule has 0 fully saturated rings. The number of ether oxygens (including phenoxy) is 1. The maximum Gasteiger partial charge on any atom is 0.551 e.